The normalized spacial score (nSPS) is 11.4. The molecule has 0 unspecified atom stereocenters. The Labute approximate surface area is 148 Å². The van der Waals surface area contributed by atoms with Crippen LogP contribution in [-0.4, -0.2) is 25.1 Å². The second-order valence-electron chi connectivity index (χ2n) is 5.72. The number of carbonyl (C=O) groups excluding carboxylic acids is 2. The standard InChI is InChI=1S/C20H23NO4/c1-15-8-6-7-11-18(15)24-13-12-20(23)25-14-19(22)21-16(2)17-9-4-3-5-10-17/h3-11,16H,12-14H2,1-2H3,(H,21,22)/t16-/m0/s1. The van der Waals surface area contributed by atoms with E-state index in [-0.39, 0.29) is 31.6 Å². The van der Waals surface area contributed by atoms with Crippen LogP contribution in [0.4, 0.5) is 0 Å². The summed E-state index contributed by atoms with van der Waals surface area (Å²) < 4.78 is 10.5. The number of benzene rings is 2. The molecule has 1 atom stereocenters. The third kappa shape index (κ3) is 6.30. The molecule has 1 N–H and O–H groups in total. The molecule has 2 aromatic carbocycles. The maximum Gasteiger partial charge on any atom is 0.309 e. The van der Waals surface area contributed by atoms with Crippen LogP contribution in [0.5, 0.6) is 5.75 Å². The molecular formula is C20H23NO4. The minimum Gasteiger partial charge on any atom is -0.493 e. The predicted octanol–water partition coefficient (Wildman–Crippen LogP) is 3.18. The zero-order valence-electron chi connectivity index (χ0n) is 14.5. The molecule has 25 heavy (non-hydrogen) atoms. The summed E-state index contributed by atoms with van der Waals surface area (Å²) in [5.41, 5.74) is 2.00. The Morgan fingerprint density at radius 3 is 2.44 bits per heavy atom. The Morgan fingerprint density at radius 1 is 1.04 bits per heavy atom. The van der Waals surface area contributed by atoms with Gasteiger partial charge in [-0.2, -0.15) is 0 Å². The van der Waals surface area contributed by atoms with E-state index in [1.54, 1.807) is 0 Å². The number of para-hydroxylation sites is 1. The molecule has 0 saturated carbocycles. The number of carbonyl (C=O) groups is 2. The van der Waals surface area contributed by atoms with Gasteiger partial charge in [-0.25, -0.2) is 0 Å². The number of nitrogens with one attached hydrogen (secondary N) is 1. The van der Waals surface area contributed by atoms with Crippen LogP contribution in [0.15, 0.2) is 54.6 Å². The largest absolute Gasteiger partial charge is 0.493 e. The molecule has 2 rings (SSSR count). The zero-order chi connectivity index (χ0) is 18.1. The lowest BCUT2D eigenvalue weighted by Gasteiger charge is -2.14. The van der Waals surface area contributed by atoms with Crippen molar-refractivity contribution in [3.8, 4) is 5.75 Å². The summed E-state index contributed by atoms with van der Waals surface area (Å²) >= 11 is 0. The molecule has 5 heteroatoms. The van der Waals surface area contributed by atoms with Crippen LogP contribution in [-0.2, 0) is 14.3 Å². The molecule has 0 bridgehead atoms. The highest BCUT2D eigenvalue weighted by Gasteiger charge is 2.12. The summed E-state index contributed by atoms with van der Waals surface area (Å²) in [5.74, 6) is -0.0506. The van der Waals surface area contributed by atoms with Crippen molar-refractivity contribution in [3.05, 3.63) is 65.7 Å². The van der Waals surface area contributed by atoms with Gasteiger partial charge in [-0.3, -0.25) is 9.59 Å². The van der Waals surface area contributed by atoms with Crippen molar-refractivity contribution in [1.82, 2.24) is 5.32 Å². The van der Waals surface area contributed by atoms with Crippen LogP contribution < -0.4 is 10.1 Å². The van der Waals surface area contributed by atoms with Gasteiger partial charge in [0.15, 0.2) is 6.61 Å². The maximum atomic E-state index is 11.9. The summed E-state index contributed by atoms with van der Waals surface area (Å²) in [6.45, 7) is 3.74. The van der Waals surface area contributed by atoms with Crippen LogP contribution in [0.3, 0.4) is 0 Å². The number of hydrogen-bond donors (Lipinski definition) is 1. The highest BCUT2D eigenvalue weighted by atomic mass is 16.5. The molecule has 5 nitrogen and oxygen atoms in total. The molecule has 0 aromatic heterocycles. The summed E-state index contributed by atoms with van der Waals surface area (Å²) in [4.78, 5) is 23.5. The van der Waals surface area contributed by atoms with Crippen molar-refractivity contribution in [2.75, 3.05) is 13.2 Å². The fourth-order valence-electron chi connectivity index (χ4n) is 2.29. The SMILES string of the molecule is Cc1ccccc1OCCC(=O)OCC(=O)N[C@@H](C)c1ccccc1. The average Bonchev–Trinajstić information content (AvgIpc) is 2.62. The van der Waals surface area contributed by atoms with Gasteiger partial charge < -0.3 is 14.8 Å². The van der Waals surface area contributed by atoms with Crippen LogP contribution in [0, 0.1) is 6.92 Å². The number of aryl methyl sites for hydroxylation is 1. The molecule has 0 radical (unpaired) electrons. The Morgan fingerprint density at radius 2 is 1.72 bits per heavy atom. The van der Waals surface area contributed by atoms with Gasteiger partial charge in [0, 0.05) is 0 Å². The summed E-state index contributed by atoms with van der Waals surface area (Å²) in [6, 6.07) is 17.0. The molecule has 0 aliphatic carbocycles. The first-order chi connectivity index (χ1) is 12.1. The van der Waals surface area contributed by atoms with E-state index < -0.39 is 5.97 Å². The van der Waals surface area contributed by atoms with Crippen LogP contribution in [0.2, 0.25) is 0 Å². The maximum absolute atomic E-state index is 11.9. The van der Waals surface area contributed by atoms with Gasteiger partial charge in [-0.05, 0) is 31.0 Å². The van der Waals surface area contributed by atoms with Crippen molar-refractivity contribution >= 4 is 11.9 Å². The smallest absolute Gasteiger partial charge is 0.309 e. The molecular weight excluding hydrogens is 318 g/mol. The van der Waals surface area contributed by atoms with Gasteiger partial charge in [0.2, 0.25) is 0 Å². The van der Waals surface area contributed by atoms with E-state index in [2.05, 4.69) is 5.32 Å². The van der Waals surface area contributed by atoms with Gasteiger partial charge in [0.25, 0.3) is 5.91 Å². The lowest BCUT2D eigenvalue weighted by Crippen LogP contribution is -2.31. The fraction of sp³-hybridized carbons (Fsp3) is 0.300. The Balaban J connectivity index is 1.66. The van der Waals surface area contributed by atoms with E-state index in [0.717, 1.165) is 16.9 Å². The highest BCUT2D eigenvalue weighted by Crippen LogP contribution is 2.16. The second-order valence-corrected chi connectivity index (χ2v) is 5.72. The monoisotopic (exact) mass is 341 g/mol. The molecule has 0 saturated heterocycles. The van der Waals surface area contributed by atoms with Gasteiger partial charge in [0.1, 0.15) is 5.75 Å². The van der Waals surface area contributed by atoms with Crippen molar-refractivity contribution in [1.29, 1.82) is 0 Å². The Kier molecular flexibility index (Phi) is 7.01. The third-order valence-corrected chi connectivity index (χ3v) is 3.70. The Bertz CT molecular complexity index is 700. The molecule has 2 aromatic rings. The molecule has 132 valence electrons. The summed E-state index contributed by atoms with van der Waals surface area (Å²) in [7, 11) is 0. The number of ether oxygens (including phenoxy) is 2. The summed E-state index contributed by atoms with van der Waals surface area (Å²) in [5, 5.41) is 2.79. The third-order valence-electron chi connectivity index (χ3n) is 3.70. The van der Waals surface area contributed by atoms with E-state index in [9.17, 15) is 9.59 Å². The van der Waals surface area contributed by atoms with Crippen molar-refractivity contribution < 1.29 is 19.1 Å². The first-order valence-electron chi connectivity index (χ1n) is 8.24. The van der Waals surface area contributed by atoms with Gasteiger partial charge in [-0.1, -0.05) is 48.5 Å². The minimum atomic E-state index is -0.462. The molecule has 0 aliphatic rings. The van der Waals surface area contributed by atoms with E-state index >= 15 is 0 Å². The van der Waals surface area contributed by atoms with Crippen LogP contribution >= 0.6 is 0 Å². The average molecular weight is 341 g/mol. The highest BCUT2D eigenvalue weighted by molar-refractivity contribution is 5.80. The van der Waals surface area contributed by atoms with Gasteiger partial charge in [-0.15, -0.1) is 0 Å². The molecule has 0 aliphatic heterocycles. The van der Waals surface area contributed by atoms with Crippen molar-refractivity contribution in [2.45, 2.75) is 26.3 Å². The second kappa shape index (κ2) is 9.47. The van der Waals surface area contributed by atoms with E-state index in [0.29, 0.717) is 0 Å². The van der Waals surface area contributed by atoms with E-state index in [1.807, 2.05) is 68.4 Å². The lowest BCUT2D eigenvalue weighted by molar-refractivity contribution is -0.149. The van der Waals surface area contributed by atoms with Gasteiger partial charge >= 0.3 is 5.97 Å². The van der Waals surface area contributed by atoms with E-state index in [4.69, 9.17) is 9.47 Å². The molecule has 0 spiro atoms. The number of amides is 1. The van der Waals surface area contributed by atoms with E-state index in [1.165, 1.54) is 0 Å². The van der Waals surface area contributed by atoms with Crippen LogP contribution in [0.25, 0.3) is 0 Å². The molecule has 1 amide bonds. The van der Waals surface area contributed by atoms with Crippen molar-refractivity contribution in [2.24, 2.45) is 0 Å². The first-order valence-corrected chi connectivity index (χ1v) is 8.24. The minimum absolute atomic E-state index is 0.0931. The summed E-state index contributed by atoms with van der Waals surface area (Å²) in [6.07, 6.45) is 0.0931. The van der Waals surface area contributed by atoms with Crippen LogP contribution in [0.1, 0.15) is 30.5 Å². The van der Waals surface area contributed by atoms with Crippen molar-refractivity contribution in [3.63, 3.8) is 0 Å². The predicted molar refractivity (Wildman–Crippen MR) is 95.2 cm³/mol. The zero-order valence-corrected chi connectivity index (χ0v) is 14.5. The van der Waals surface area contributed by atoms with Gasteiger partial charge in [0.05, 0.1) is 19.1 Å². The molecule has 0 fully saturated rings. The Hall–Kier alpha value is -2.82. The quantitative estimate of drug-likeness (QED) is 0.749. The lowest BCUT2D eigenvalue weighted by atomic mass is 10.1. The number of esters is 1. The fourth-order valence-corrected chi connectivity index (χ4v) is 2.29. The number of hydrogen-bond acceptors (Lipinski definition) is 4. The first kappa shape index (κ1) is 18.5. The molecule has 0 heterocycles. The number of rotatable bonds is 8. The topological polar surface area (TPSA) is 64.6 Å².